The van der Waals surface area contributed by atoms with Gasteiger partial charge in [-0.25, -0.2) is 4.98 Å². The SMILES string of the molecule is CSc1cccc2sc(N(CC3CCCO3)C(=O)c3cccs3)nc12. The van der Waals surface area contributed by atoms with E-state index in [0.717, 1.165) is 44.6 Å². The summed E-state index contributed by atoms with van der Waals surface area (Å²) in [5.41, 5.74) is 0.978. The van der Waals surface area contributed by atoms with Crippen LogP contribution in [0.25, 0.3) is 10.2 Å². The van der Waals surface area contributed by atoms with Gasteiger partial charge in [0.1, 0.15) is 0 Å². The molecule has 130 valence electrons. The number of rotatable bonds is 5. The Kier molecular flexibility index (Phi) is 5.08. The first kappa shape index (κ1) is 17.0. The second-order valence-electron chi connectivity index (χ2n) is 5.83. The molecule has 1 amide bonds. The van der Waals surface area contributed by atoms with E-state index in [-0.39, 0.29) is 12.0 Å². The van der Waals surface area contributed by atoms with Gasteiger partial charge in [-0.2, -0.15) is 0 Å². The predicted molar refractivity (Wildman–Crippen MR) is 106 cm³/mol. The minimum absolute atomic E-state index is 0.00950. The third-order valence-electron chi connectivity index (χ3n) is 4.21. The van der Waals surface area contributed by atoms with Gasteiger partial charge in [0.05, 0.1) is 27.7 Å². The van der Waals surface area contributed by atoms with E-state index in [2.05, 4.69) is 18.4 Å². The topological polar surface area (TPSA) is 42.4 Å². The summed E-state index contributed by atoms with van der Waals surface area (Å²) in [4.78, 5) is 21.6. The van der Waals surface area contributed by atoms with Crippen molar-refractivity contribution in [1.29, 1.82) is 0 Å². The number of carbonyl (C=O) groups is 1. The van der Waals surface area contributed by atoms with E-state index < -0.39 is 0 Å². The van der Waals surface area contributed by atoms with Crippen LogP contribution in [0.1, 0.15) is 22.5 Å². The van der Waals surface area contributed by atoms with Crippen molar-refractivity contribution in [1.82, 2.24) is 4.98 Å². The Hall–Kier alpha value is -1.41. The van der Waals surface area contributed by atoms with Gasteiger partial charge >= 0.3 is 0 Å². The Balaban J connectivity index is 1.72. The first-order chi connectivity index (χ1) is 12.3. The van der Waals surface area contributed by atoms with Gasteiger partial charge in [0.2, 0.25) is 0 Å². The van der Waals surface area contributed by atoms with Crippen molar-refractivity contribution in [3.05, 3.63) is 40.6 Å². The highest BCUT2D eigenvalue weighted by Gasteiger charge is 2.27. The van der Waals surface area contributed by atoms with Crippen molar-refractivity contribution in [2.45, 2.75) is 23.8 Å². The zero-order valence-electron chi connectivity index (χ0n) is 13.8. The third-order valence-corrected chi connectivity index (χ3v) is 6.88. The molecule has 0 aliphatic carbocycles. The van der Waals surface area contributed by atoms with Crippen molar-refractivity contribution in [2.24, 2.45) is 0 Å². The molecule has 4 rings (SSSR count). The maximum atomic E-state index is 13.1. The van der Waals surface area contributed by atoms with E-state index in [9.17, 15) is 4.79 Å². The number of ether oxygens (including phenoxy) is 1. The minimum Gasteiger partial charge on any atom is -0.376 e. The normalized spacial score (nSPS) is 17.2. The lowest BCUT2D eigenvalue weighted by Gasteiger charge is -2.22. The van der Waals surface area contributed by atoms with Gasteiger partial charge in [-0.15, -0.1) is 23.1 Å². The van der Waals surface area contributed by atoms with E-state index in [0.29, 0.717) is 6.54 Å². The Morgan fingerprint density at radius 3 is 3.04 bits per heavy atom. The molecule has 1 aliphatic rings. The number of benzene rings is 1. The standard InChI is InChI=1S/C18H18N2O2S3/c1-23-13-6-2-7-14-16(13)19-18(25-14)20(11-12-5-3-9-22-12)17(21)15-8-4-10-24-15/h2,4,6-8,10,12H,3,5,9,11H2,1H3. The largest absolute Gasteiger partial charge is 0.376 e. The zero-order chi connectivity index (χ0) is 17.2. The molecule has 3 aromatic rings. The maximum Gasteiger partial charge on any atom is 0.270 e. The minimum atomic E-state index is 0.00950. The molecule has 1 saturated heterocycles. The van der Waals surface area contributed by atoms with Crippen LogP contribution < -0.4 is 4.90 Å². The number of amides is 1. The number of aromatic nitrogens is 1. The summed E-state index contributed by atoms with van der Waals surface area (Å²) >= 11 is 4.72. The summed E-state index contributed by atoms with van der Waals surface area (Å²) in [6, 6.07) is 9.96. The molecule has 4 nitrogen and oxygen atoms in total. The molecule has 1 atom stereocenters. The van der Waals surface area contributed by atoms with Crippen LogP contribution in [0.5, 0.6) is 0 Å². The van der Waals surface area contributed by atoms with Crippen LogP contribution in [0.3, 0.4) is 0 Å². The quantitative estimate of drug-likeness (QED) is 0.581. The number of carbonyl (C=O) groups excluding carboxylic acids is 1. The monoisotopic (exact) mass is 390 g/mol. The fraction of sp³-hybridized carbons (Fsp3) is 0.333. The summed E-state index contributed by atoms with van der Waals surface area (Å²) in [5, 5.41) is 2.69. The lowest BCUT2D eigenvalue weighted by molar-refractivity contribution is 0.0920. The number of para-hydroxylation sites is 1. The number of nitrogens with zero attached hydrogens (tertiary/aromatic N) is 2. The summed E-state index contributed by atoms with van der Waals surface area (Å²) in [6.07, 6.45) is 4.20. The lowest BCUT2D eigenvalue weighted by atomic mass is 10.2. The molecule has 0 spiro atoms. The van der Waals surface area contributed by atoms with Gasteiger partial charge in [-0.3, -0.25) is 9.69 Å². The van der Waals surface area contributed by atoms with E-state index in [4.69, 9.17) is 9.72 Å². The Morgan fingerprint density at radius 1 is 1.40 bits per heavy atom. The number of thioether (sulfide) groups is 1. The number of fused-ring (bicyclic) bond motifs is 1. The van der Waals surface area contributed by atoms with Crippen LogP contribution >= 0.6 is 34.4 Å². The van der Waals surface area contributed by atoms with E-state index in [1.165, 1.54) is 11.3 Å². The molecule has 0 bridgehead atoms. The first-order valence-electron chi connectivity index (χ1n) is 8.17. The van der Waals surface area contributed by atoms with Crippen LogP contribution in [0.2, 0.25) is 0 Å². The second kappa shape index (κ2) is 7.45. The first-order valence-corrected chi connectivity index (χ1v) is 11.1. The lowest BCUT2D eigenvalue weighted by Crippen LogP contribution is -2.37. The Labute approximate surface area is 158 Å². The number of hydrogen-bond acceptors (Lipinski definition) is 6. The van der Waals surface area contributed by atoms with Crippen molar-refractivity contribution >= 4 is 55.7 Å². The third kappa shape index (κ3) is 3.46. The number of hydrogen-bond donors (Lipinski definition) is 0. The highest BCUT2D eigenvalue weighted by atomic mass is 32.2. The van der Waals surface area contributed by atoms with Gasteiger partial charge in [0.15, 0.2) is 5.13 Å². The second-order valence-corrected chi connectivity index (χ2v) is 8.64. The molecule has 1 aliphatic heterocycles. The molecule has 25 heavy (non-hydrogen) atoms. The Morgan fingerprint density at radius 2 is 2.32 bits per heavy atom. The van der Waals surface area contributed by atoms with Crippen LogP contribution in [0.15, 0.2) is 40.6 Å². The number of thiazole rings is 1. The predicted octanol–water partition coefficient (Wildman–Crippen LogP) is 4.91. The van der Waals surface area contributed by atoms with Crippen LogP contribution in [0, 0.1) is 0 Å². The number of anilines is 1. The van der Waals surface area contributed by atoms with Gasteiger partial charge in [0, 0.05) is 11.5 Å². The molecule has 1 unspecified atom stereocenters. The molecule has 1 fully saturated rings. The van der Waals surface area contributed by atoms with Gasteiger partial charge in [-0.1, -0.05) is 23.5 Å². The molecule has 3 heterocycles. The molecule has 0 N–H and O–H groups in total. The average molecular weight is 391 g/mol. The Bertz CT molecular complexity index is 870. The number of thiophene rings is 1. The van der Waals surface area contributed by atoms with Gasteiger partial charge < -0.3 is 4.74 Å². The van der Waals surface area contributed by atoms with Crippen molar-refractivity contribution in [2.75, 3.05) is 24.3 Å². The highest BCUT2D eigenvalue weighted by Crippen LogP contribution is 2.35. The molecular formula is C18H18N2O2S3. The van der Waals surface area contributed by atoms with E-state index in [1.54, 1.807) is 28.0 Å². The summed E-state index contributed by atoms with van der Waals surface area (Å²) < 4.78 is 6.88. The molecule has 0 saturated carbocycles. The van der Waals surface area contributed by atoms with Gasteiger partial charge in [-0.05, 0) is 42.7 Å². The summed E-state index contributed by atoms with van der Waals surface area (Å²) in [6.45, 7) is 1.34. The smallest absolute Gasteiger partial charge is 0.270 e. The van der Waals surface area contributed by atoms with Crippen LogP contribution in [-0.2, 0) is 4.74 Å². The van der Waals surface area contributed by atoms with Crippen LogP contribution in [0.4, 0.5) is 5.13 Å². The van der Waals surface area contributed by atoms with Crippen molar-refractivity contribution in [3.8, 4) is 0 Å². The molecule has 7 heteroatoms. The van der Waals surface area contributed by atoms with Crippen molar-refractivity contribution in [3.63, 3.8) is 0 Å². The molecular weight excluding hydrogens is 372 g/mol. The maximum absolute atomic E-state index is 13.1. The zero-order valence-corrected chi connectivity index (χ0v) is 16.3. The van der Waals surface area contributed by atoms with E-state index >= 15 is 0 Å². The van der Waals surface area contributed by atoms with Gasteiger partial charge in [0.25, 0.3) is 5.91 Å². The fourth-order valence-electron chi connectivity index (χ4n) is 2.96. The van der Waals surface area contributed by atoms with Crippen molar-refractivity contribution < 1.29 is 9.53 Å². The fourth-order valence-corrected chi connectivity index (χ4v) is 5.27. The van der Waals surface area contributed by atoms with Crippen LogP contribution in [-0.4, -0.2) is 36.4 Å². The molecule has 1 aromatic carbocycles. The average Bonchev–Trinajstić information content (AvgIpc) is 3.39. The van der Waals surface area contributed by atoms with E-state index in [1.807, 2.05) is 23.6 Å². The molecule has 2 aromatic heterocycles. The highest BCUT2D eigenvalue weighted by molar-refractivity contribution is 7.98. The molecule has 0 radical (unpaired) electrons. The summed E-state index contributed by atoms with van der Waals surface area (Å²) in [7, 11) is 0. The summed E-state index contributed by atoms with van der Waals surface area (Å²) in [5.74, 6) is 0.00950.